The fourth-order valence-electron chi connectivity index (χ4n) is 1.70. The van der Waals surface area contributed by atoms with Crippen molar-refractivity contribution < 1.29 is 0 Å². The van der Waals surface area contributed by atoms with E-state index in [0.717, 1.165) is 34.0 Å². The van der Waals surface area contributed by atoms with Crippen LogP contribution < -0.4 is 5.32 Å². The van der Waals surface area contributed by atoms with Gasteiger partial charge in [0.05, 0.1) is 17.4 Å². The molecule has 0 saturated heterocycles. The van der Waals surface area contributed by atoms with E-state index >= 15 is 0 Å². The number of aromatic nitrogens is 6. The van der Waals surface area contributed by atoms with Gasteiger partial charge in [-0.15, -0.1) is 10.2 Å². The van der Waals surface area contributed by atoms with E-state index in [4.69, 9.17) is 5.26 Å². The molecule has 0 aliphatic rings. The summed E-state index contributed by atoms with van der Waals surface area (Å²) in [6, 6.07) is 5.87. The molecule has 8 nitrogen and oxygen atoms in total. The van der Waals surface area contributed by atoms with Crippen molar-refractivity contribution in [3.8, 4) is 6.07 Å². The van der Waals surface area contributed by atoms with Crippen molar-refractivity contribution in [2.24, 2.45) is 0 Å². The SMILES string of the molecule is Cc1ccc2nsnc2c1NC=C(C#N)c1nn[nH]n1. The zero-order valence-corrected chi connectivity index (χ0v) is 11.1. The second-order valence-corrected chi connectivity index (χ2v) is 4.47. The van der Waals surface area contributed by atoms with Gasteiger partial charge in [0.15, 0.2) is 0 Å². The molecule has 0 spiro atoms. The number of aryl methyl sites for hydroxylation is 1. The molecule has 1 aromatic carbocycles. The van der Waals surface area contributed by atoms with E-state index in [0.29, 0.717) is 0 Å². The summed E-state index contributed by atoms with van der Waals surface area (Å²) in [6.45, 7) is 1.95. The molecule has 0 saturated carbocycles. The van der Waals surface area contributed by atoms with Crippen molar-refractivity contribution in [2.75, 3.05) is 5.32 Å². The first kappa shape index (κ1) is 12.2. The number of nitriles is 1. The van der Waals surface area contributed by atoms with E-state index in [-0.39, 0.29) is 11.4 Å². The van der Waals surface area contributed by atoms with Crippen LogP contribution in [0.25, 0.3) is 16.6 Å². The lowest BCUT2D eigenvalue weighted by Gasteiger charge is -2.05. The number of benzene rings is 1. The average molecular weight is 284 g/mol. The van der Waals surface area contributed by atoms with Crippen LogP contribution >= 0.6 is 11.7 Å². The highest BCUT2D eigenvalue weighted by Crippen LogP contribution is 2.26. The molecule has 0 aliphatic heterocycles. The molecule has 2 N–H and O–H groups in total. The smallest absolute Gasteiger partial charge is 0.216 e. The van der Waals surface area contributed by atoms with Crippen molar-refractivity contribution in [2.45, 2.75) is 6.92 Å². The van der Waals surface area contributed by atoms with Crippen molar-refractivity contribution in [1.82, 2.24) is 29.4 Å². The summed E-state index contributed by atoms with van der Waals surface area (Å²) in [5.74, 6) is 0.237. The van der Waals surface area contributed by atoms with Crippen LogP contribution in [0, 0.1) is 18.3 Å². The maximum Gasteiger partial charge on any atom is 0.216 e. The van der Waals surface area contributed by atoms with Crippen LogP contribution in [0.1, 0.15) is 11.4 Å². The molecule has 0 atom stereocenters. The second-order valence-electron chi connectivity index (χ2n) is 3.94. The molecule has 3 aromatic rings. The predicted molar refractivity (Wildman–Crippen MR) is 73.5 cm³/mol. The Hall–Kier alpha value is -2.86. The number of nitrogens with zero attached hydrogens (tertiary/aromatic N) is 6. The molecule has 0 fully saturated rings. The van der Waals surface area contributed by atoms with Gasteiger partial charge < -0.3 is 5.32 Å². The molecule has 2 aromatic heterocycles. The zero-order valence-electron chi connectivity index (χ0n) is 10.3. The number of allylic oxidation sites excluding steroid dienone is 1. The summed E-state index contributed by atoms with van der Waals surface area (Å²) in [7, 11) is 0. The van der Waals surface area contributed by atoms with E-state index in [9.17, 15) is 0 Å². The normalized spacial score (nSPS) is 11.5. The van der Waals surface area contributed by atoms with Crippen LogP contribution in [0.4, 0.5) is 5.69 Å². The molecule has 20 heavy (non-hydrogen) atoms. The summed E-state index contributed by atoms with van der Waals surface area (Å²) in [5, 5.41) is 25.5. The summed E-state index contributed by atoms with van der Waals surface area (Å²) in [6.07, 6.45) is 1.53. The van der Waals surface area contributed by atoms with E-state index in [1.54, 1.807) is 0 Å². The lowest BCUT2D eigenvalue weighted by molar-refractivity contribution is 0.881. The van der Waals surface area contributed by atoms with Crippen LogP contribution in [0.3, 0.4) is 0 Å². The summed E-state index contributed by atoms with van der Waals surface area (Å²) < 4.78 is 8.43. The van der Waals surface area contributed by atoms with E-state index in [1.165, 1.54) is 6.20 Å². The van der Waals surface area contributed by atoms with Crippen molar-refractivity contribution in [1.29, 1.82) is 5.26 Å². The number of fused-ring (bicyclic) bond motifs is 1. The molecule has 0 unspecified atom stereocenters. The fraction of sp³-hybridized carbons (Fsp3) is 0.0909. The Morgan fingerprint density at radius 1 is 1.45 bits per heavy atom. The quantitative estimate of drug-likeness (QED) is 0.700. The minimum atomic E-state index is 0.237. The Bertz CT molecular complexity index is 811. The third-order valence-corrected chi connectivity index (χ3v) is 3.25. The molecular formula is C11H8N8S. The maximum atomic E-state index is 9.11. The van der Waals surface area contributed by atoms with Gasteiger partial charge in [0.1, 0.15) is 22.7 Å². The Balaban J connectivity index is 1.99. The minimum absolute atomic E-state index is 0.237. The van der Waals surface area contributed by atoms with Crippen LogP contribution in [-0.4, -0.2) is 29.4 Å². The fourth-order valence-corrected chi connectivity index (χ4v) is 2.24. The first-order chi connectivity index (χ1) is 9.79. The molecule has 0 bridgehead atoms. The van der Waals surface area contributed by atoms with Crippen molar-refractivity contribution in [3.63, 3.8) is 0 Å². The number of H-pyrrole nitrogens is 1. The Labute approximate surface area is 117 Å². The summed E-state index contributed by atoms with van der Waals surface area (Å²) in [4.78, 5) is 0. The number of nitrogens with one attached hydrogen (secondary N) is 2. The Kier molecular flexibility index (Phi) is 3.06. The molecule has 2 heterocycles. The number of aromatic amines is 1. The average Bonchev–Trinajstić information content (AvgIpc) is 3.12. The number of tetrazole rings is 1. The van der Waals surface area contributed by atoms with Gasteiger partial charge in [-0.25, -0.2) is 0 Å². The third kappa shape index (κ3) is 2.08. The Morgan fingerprint density at radius 3 is 3.10 bits per heavy atom. The van der Waals surface area contributed by atoms with Crippen molar-refractivity contribution in [3.05, 3.63) is 29.7 Å². The summed E-state index contributed by atoms with van der Waals surface area (Å²) >= 11 is 1.15. The monoisotopic (exact) mass is 284 g/mol. The highest BCUT2D eigenvalue weighted by molar-refractivity contribution is 7.00. The summed E-state index contributed by atoms with van der Waals surface area (Å²) in [5.41, 5.74) is 3.68. The van der Waals surface area contributed by atoms with Gasteiger partial charge in [-0.1, -0.05) is 6.07 Å². The van der Waals surface area contributed by atoms with Crippen LogP contribution in [0.2, 0.25) is 0 Å². The largest absolute Gasteiger partial charge is 0.358 e. The van der Waals surface area contributed by atoms with Crippen LogP contribution in [-0.2, 0) is 0 Å². The molecule has 0 amide bonds. The highest BCUT2D eigenvalue weighted by Gasteiger charge is 2.09. The second kappa shape index (κ2) is 5.02. The maximum absolute atomic E-state index is 9.11. The standard InChI is InChI=1S/C11H8N8S/c1-6-2-3-8-10(17-20-16-8)9(6)13-5-7(4-12)11-14-18-19-15-11/h2-3,5,13H,1H3,(H,14,15,18,19). The number of anilines is 1. The van der Waals surface area contributed by atoms with Gasteiger partial charge in [-0.05, 0) is 23.8 Å². The topological polar surface area (TPSA) is 116 Å². The van der Waals surface area contributed by atoms with E-state index < -0.39 is 0 Å². The third-order valence-electron chi connectivity index (χ3n) is 2.70. The highest BCUT2D eigenvalue weighted by atomic mass is 32.1. The first-order valence-corrected chi connectivity index (χ1v) is 6.35. The zero-order chi connectivity index (χ0) is 13.9. The number of hydrogen-bond donors (Lipinski definition) is 2. The molecule has 9 heteroatoms. The number of rotatable bonds is 3. The molecular weight excluding hydrogens is 276 g/mol. The lowest BCUT2D eigenvalue weighted by atomic mass is 10.1. The van der Waals surface area contributed by atoms with Crippen molar-refractivity contribution >= 4 is 34.0 Å². The van der Waals surface area contributed by atoms with Gasteiger partial charge in [-0.3, -0.25) is 0 Å². The van der Waals surface area contributed by atoms with Gasteiger partial charge in [0.2, 0.25) is 5.82 Å². The van der Waals surface area contributed by atoms with Crippen LogP contribution in [0.15, 0.2) is 18.3 Å². The molecule has 98 valence electrons. The van der Waals surface area contributed by atoms with Gasteiger partial charge in [-0.2, -0.15) is 19.2 Å². The van der Waals surface area contributed by atoms with E-state index in [2.05, 4.69) is 34.7 Å². The molecule has 0 aliphatic carbocycles. The van der Waals surface area contributed by atoms with Gasteiger partial charge >= 0.3 is 0 Å². The van der Waals surface area contributed by atoms with E-state index in [1.807, 2.05) is 25.1 Å². The Morgan fingerprint density at radius 2 is 2.35 bits per heavy atom. The molecule has 3 rings (SSSR count). The predicted octanol–water partition coefficient (Wildman–Crippen LogP) is 1.49. The molecule has 0 radical (unpaired) electrons. The first-order valence-electron chi connectivity index (χ1n) is 5.62. The van der Waals surface area contributed by atoms with Crippen LogP contribution in [0.5, 0.6) is 0 Å². The lowest BCUT2D eigenvalue weighted by Crippen LogP contribution is -1.96. The van der Waals surface area contributed by atoms with Gasteiger partial charge in [0.25, 0.3) is 0 Å². The minimum Gasteiger partial charge on any atom is -0.358 e. The number of hydrogen-bond acceptors (Lipinski definition) is 8. The van der Waals surface area contributed by atoms with Gasteiger partial charge in [0, 0.05) is 6.20 Å².